The Labute approximate surface area is 114 Å². The van der Waals surface area contributed by atoms with E-state index >= 15 is 0 Å². The molecule has 4 nitrogen and oxygen atoms in total. The van der Waals surface area contributed by atoms with E-state index in [0.29, 0.717) is 6.04 Å². The first kappa shape index (κ1) is 14.0. The van der Waals surface area contributed by atoms with Crippen LogP contribution in [0.25, 0.3) is 11.0 Å². The Hall–Kier alpha value is -1.39. The SMILES string of the molecule is CCC(COC)NC(C)c1nc2ccccc2n1C. The lowest BCUT2D eigenvalue weighted by Gasteiger charge is -2.21. The van der Waals surface area contributed by atoms with Gasteiger partial charge in [0.15, 0.2) is 0 Å². The number of imidazole rings is 1. The van der Waals surface area contributed by atoms with Gasteiger partial charge in [0.25, 0.3) is 0 Å². The molecule has 0 bridgehead atoms. The van der Waals surface area contributed by atoms with Gasteiger partial charge in [-0.25, -0.2) is 4.98 Å². The van der Waals surface area contributed by atoms with Crippen LogP contribution in [0.5, 0.6) is 0 Å². The molecule has 2 aromatic rings. The summed E-state index contributed by atoms with van der Waals surface area (Å²) in [5.74, 6) is 1.07. The molecule has 2 rings (SSSR count). The maximum Gasteiger partial charge on any atom is 0.126 e. The summed E-state index contributed by atoms with van der Waals surface area (Å²) in [5.41, 5.74) is 2.22. The molecule has 2 unspecified atom stereocenters. The van der Waals surface area contributed by atoms with Gasteiger partial charge < -0.3 is 14.6 Å². The number of nitrogens with one attached hydrogen (secondary N) is 1. The molecule has 1 heterocycles. The molecule has 0 aliphatic rings. The summed E-state index contributed by atoms with van der Waals surface area (Å²) in [6, 6.07) is 8.79. The van der Waals surface area contributed by atoms with E-state index in [1.54, 1.807) is 7.11 Å². The summed E-state index contributed by atoms with van der Waals surface area (Å²) in [5, 5.41) is 3.58. The Morgan fingerprint density at radius 3 is 2.74 bits per heavy atom. The molecular weight excluding hydrogens is 238 g/mol. The van der Waals surface area contributed by atoms with Crippen LogP contribution in [0.15, 0.2) is 24.3 Å². The second-order valence-corrected chi connectivity index (χ2v) is 4.97. The van der Waals surface area contributed by atoms with Crippen LogP contribution in [-0.4, -0.2) is 29.3 Å². The first-order chi connectivity index (χ1) is 9.17. The molecular formula is C15H23N3O. The molecule has 0 saturated carbocycles. The van der Waals surface area contributed by atoms with Crippen LogP contribution in [0, 0.1) is 0 Å². The number of ether oxygens (including phenoxy) is 1. The Balaban J connectivity index is 2.21. The Morgan fingerprint density at radius 2 is 2.11 bits per heavy atom. The standard InChI is InChI=1S/C15H23N3O/c1-5-12(10-19-4)16-11(2)15-17-13-8-6-7-9-14(13)18(15)3/h6-9,11-12,16H,5,10H2,1-4H3. The van der Waals surface area contributed by atoms with E-state index in [0.717, 1.165) is 24.4 Å². The first-order valence-corrected chi connectivity index (χ1v) is 6.83. The molecule has 1 N–H and O–H groups in total. The molecule has 0 saturated heterocycles. The highest BCUT2D eigenvalue weighted by Gasteiger charge is 2.17. The molecule has 2 atom stereocenters. The Kier molecular flexibility index (Phi) is 4.56. The lowest BCUT2D eigenvalue weighted by Crippen LogP contribution is -2.35. The third-order valence-electron chi connectivity index (χ3n) is 3.56. The first-order valence-electron chi connectivity index (χ1n) is 6.83. The van der Waals surface area contributed by atoms with Crippen molar-refractivity contribution in [1.29, 1.82) is 0 Å². The summed E-state index contributed by atoms with van der Waals surface area (Å²) < 4.78 is 7.39. The molecule has 0 aliphatic carbocycles. The number of aromatic nitrogens is 2. The van der Waals surface area contributed by atoms with Crippen molar-refractivity contribution < 1.29 is 4.74 Å². The summed E-state index contributed by atoms with van der Waals surface area (Å²) in [6.07, 6.45) is 1.04. The number of fused-ring (bicyclic) bond motifs is 1. The van der Waals surface area contributed by atoms with E-state index in [4.69, 9.17) is 9.72 Å². The van der Waals surface area contributed by atoms with Gasteiger partial charge in [0.2, 0.25) is 0 Å². The van der Waals surface area contributed by atoms with Crippen molar-refractivity contribution >= 4 is 11.0 Å². The number of para-hydroxylation sites is 2. The number of aryl methyl sites for hydroxylation is 1. The normalized spacial score (nSPS) is 14.7. The number of hydrogen-bond donors (Lipinski definition) is 1. The van der Waals surface area contributed by atoms with E-state index in [1.165, 1.54) is 5.52 Å². The number of methoxy groups -OCH3 is 1. The zero-order chi connectivity index (χ0) is 13.8. The monoisotopic (exact) mass is 261 g/mol. The fourth-order valence-corrected chi connectivity index (χ4v) is 2.46. The topological polar surface area (TPSA) is 39.1 Å². The molecule has 0 spiro atoms. The van der Waals surface area contributed by atoms with Gasteiger partial charge >= 0.3 is 0 Å². The molecule has 4 heteroatoms. The van der Waals surface area contributed by atoms with Crippen LogP contribution >= 0.6 is 0 Å². The highest BCUT2D eigenvalue weighted by atomic mass is 16.5. The van der Waals surface area contributed by atoms with E-state index in [9.17, 15) is 0 Å². The molecule has 0 amide bonds. The van der Waals surface area contributed by atoms with Crippen molar-refractivity contribution in [2.45, 2.75) is 32.4 Å². The maximum absolute atomic E-state index is 5.23. The van der Waals surface area contributed by atoms with Gasteiger partial charge in [0.1, 0.15) is 5.82 Å². The number of benzene rings is 1. The van der Waals surface area contributed by atoms with E-state index in [-0.39, 0.29) is 6.04 Å². The van der Waals surface area contributed by atoms with E-state index in [1.807, 2.05) is 12.1 Å². The van der Waals surface area contributed by atoms with Crippen molar-refractivity contribution in [3.8, 4) is 0 Å². The number of rotatable bonds is 6. The van der Waals surface area contributed by atoms with Crippen molar-refractivity contribution in [3.05, 3.63) is 30.1 Å². The van der Waals surface area contributed by atoms with E-state index < -0.39 is 0 Å². The van der Waals surface area contributed by atoms with Gasteiger partial charge in [-0.1, -0.05) is 19.1 Å². The van der Waals surface area contributed by atoms with Gasteiger partial charge in [-0.05, 0) is 25.5 Å². The van der Waals surface area contributed by atoms with Crippen LogP contribution in [0.1, 0.15) is 32.1 Å². The van der Waals surface area contributed by atoms with Crippen molar-refractivity contribution in [3.63, 3.8) is 0 Å². The van der Waals surface area contributed by atoms with Gasteiger partial charge in [0.05, 0.1) is 23.7 Å². The number of nitrogens with zero attached hydrogens (tertiary/aromatic N) is 2. The lowest BCUT2D eigenvalue weighted by molar-refractivity contribution is 0.158. The molecule has 0 aliphatic heterocycles. The molecule has 0 radical (unpaired) electrons. The van der Waals surface area contributed by atoms with Gasteiger partial charge in [-0.2, -0.15) is 0 Å². The second kappa shape index (κ2) is 6.17. The quantitative estimate of drug-likeness (QED) is 0.869. The third kappa shape index (κ3) is 2.96. The zero-order valence-corrected chi connectivity index (χ0v) is 12.2. The minimum atomic E-state index is 0.206. The summed E-state index contributed by atoms with van der Waals surface area (Å²) in [4.78, 5) is 4.72. The fraction of sp³-hybridized carbons (Fsp3) is 0.533. The molecule has 0 fully saturated rings. The summed E-state index contributed by atoms with van der Waals surface area (Å²) in [6.45, 7) is 5.04. The summed E-state index contributed by atoms with van der Waals surface area (Å²) >= 11 is 0. The minimum Gasteiger partial charge on any atom is -0.383 e. The zero-order valence-electron chi connectivity index (χ0n) is 12.2. The lowest BCUT2D eigenvalue weighted by atomic mass is 10.2. The van der Waals surface area contributed by atoms with Crippen LogP contribution in [0.3, 0.4) is 0 Å². The number of hydrogen-bond acceptors (Lipinski definition) is 3. The average Bonchev–Trinajstić information content (AvgIpc) is 2.76. The van der Waals surface area contributed by atoms with Crippen LogP contribution in [0.2, 0.25) is 0 Å². The highest BCUT2D eigenvalue weighted by molar-refractivity contribution is 5.75. The second-order valence-electron chi connectivity index (χ2n) is 4.97. The molecule has 1 aromatic carbocycles. The molecule has 1 aromatic heterocycles. The molecule has 104 valence electrons. The van der Waals surface area contributed by atoms with Gasteiger partial charge in [-0.3, -0.25) is 0 Å². The van der Waals surface area contributed by atoms with E-state index in [2.05, 4.69) is 42.9 Å². The largest absolute Gasteiger partial charge is 0.383 e. The van der Waals surface area contributed by atoms with Crippen molar-refractivity contribution in [2.75, 3.05) is 13.7 Å². The maximum atomic E-state index is 5.23. The highest BCUT2D eigenvalue weighted by Crippen LogP contribution is 2.19. The third-order valence-corrected chi connectivity index (χ3v) is 3.56. The Morgan fingerprint density at radius 1 is 1.37 bits per heavy atom. The Bertz CT molecular complexity index is 535. The predicted octanol–water partition coefficient (Wildman–Crippen LogP) is 2.65. The van der Waals surface area contributed by atoms with Crippen molar-refractivity contribution in [2.24, 2.45) is 7.05 Å². The van der Waals surface area contributed by atoms with Gasteiger partial charge in [-0.15, -0.1) is 0 Å². The van der Waals surface area contributed by atoms with Gasteiger partial charge in [0, 0.05) is 20.2 Å². The summed E-state index contributed by atoms with van der Waals surface area (Å²) in [7, 11) is 3.81. The average molecular weight is 261 g/mol. The predicted molar refractivity (Wildman–Crippen MR) is 78.2 cm³/mol. The van der Waals surface area contributed by atoms with Crippen LogP contribution < -0.4 is 5.32 Å². The fourth-order valence-electron chi connectivity index (χ4n) is 2.46. The smallest absolute Gasteiger partial charge is 0.126 e. The minimum absolute atomic E-state index is 0.206. The van der Waals surface area contributed by atoms with Crippen LogP contribution in [-0.2, 0) is 11.8 Å². The van der Waals surface area contributed by atoms with Crippen LogP contribution in [0.4, 0.5) is 0 Å². The molecule has 19 heavy (non-hydrogen) atoms. The van der Waals surface area contributed by atoms with Crippen molar-refractivity contribution in [1.82, 2.24) is 14.9 Å².